The van der Waals surface area contributed by atoms with Gasteiger partial charge < -0.3 is 18.8 Å². The molecule has 0 spiro atoms. The van der Waals surface area contributed by atoms with Gasteiger partial charge in [-0.05, 0) is 72.0 Å². The van der Waals surface area contributed by atoms with Gasteiger partial charge in [0.1, 0.15) is 23.7 Å². The number of nitrogens with zero attached hydrogens (tertiary/aromatic N) is 1. The lowest BCUT2D eigenvalue weighted by atomic mass is 9.98. The standard InChI is InChI=1S/C34H28ClNO5/c1-21-18-29-27(19-28(21)35)32(37)30-31(24-10-14-26(15-11-24)40-20-23-6-4-3-5-7-23)36(34(38)33(30)41-29)17-16-22-8-12-25(39-2)13-9-22/h3-15,18-19,31H,16-17,20H2,1-2H3. The molecule has 0 saturated heterocycles. The van der Waals surface area contributed by atoms with Gasteiger partial charge in [-0.1, -0.05) is 66.2 Å². The SMILES string of the molecule is COc1ccc(CCN2C(=O)c3oc4cc(C)c(Cl)cc4c(=O)c3C2c2ccc(OCc3ccccc3)cc2)cc1. The van der Waals surface area contributed by atoms with E-state index in [4.69, 9.17) is 25.5 Å². The maximum absolute atomic E-state index is 13.9. The summed E-state index contributed by atoms with van der Waals surface area (Å²) in [5.41, 5.74) is 4.10. The van der Waals surface area contributed by atoms with Crippen LogP contribution in [0.25, 0.3) is 11.0 Å². The van der Waals surface area contributed by atoms with Crippen LogP contribution in [0.2, 0.25) is 5.02 Å². The predicted octanol–water partition coefficient (Wildman–Crippen LogP) is 7.13. The number of carbonyl (C=O) groups is 1. The van der Waals surface area contributed by atoms with Crippen molar-refractivity contribution in [1.82, 2.24) is 4.90 Å². The monoisotopic (exact) mass is 565 g/mol. The quantitative estimate of drug-likeness (QED) is 0.200. The summed E-state index contributed by atoms with van der Waals surface area (Å²) in [6, 6.07) is 27.9. The van der Waals surface area contributed by atoms with Gasteiger partial charge >= 0.3 is 0 Å². The Balaban J connectivity index is 1.36. The summed E-state index contributed by atoms with van der Waals surface area (Å²) in [5.74, 6) is 1.23. The third-order valence-corrected chi connectivity index (χ3v) is 7.90. The Morgan fingerprint density at radius 1 is 0.878 bits per heavy atom. The van der Waals surface area contributed by atoms with Crippen molar-refractivity contribution in [3.8, 4) is 11.5 Å². The molecule has 41 heavy (non-hydrogen) atoms. The number of ether oxygens (including phenoxy) is 2. The molecule has 206 valence electrons. The fraction of sp³-hybridized carbons (Fsp3) is 0.176. The third kappa shape index (κ3) is 5.19. The molecule has 0 fully saturated rings. The number of rotatable bonds is 8. The van der Waals surface area contributed by atoms with Gasteiger partial charge in [-0.15, -0.1) is 0 Å². The zero-order valence-corrected chi connectivity index (χ0v) is 23.5. The molecule has 0 radical (unpaired) electrons. The Bertz CT molecular complexity index is 1780. The molecule has 1 aromatic heterocycles. The van der Waals surface area contributed by atoms with Crippen molar-refractivity contribution in [2.45, 2.75) is 26.0 Å². The summed E-state index contributed by atoms with van der Waals surface area (Å²) < 4.78 is 17.4. The van der Waals surface area contributed by atoms with Gasteiger partial charge in [-0.3, -0.25) is 9.59 Å². The maximum atomic E-state index is 13.9. The molecule has 0 aliphatic carbocycles. The van der Waals surface area contributed by atoms with Crippen molar-refractivity contribution < 1.29 is 18.7 Å². The Morgan fingerprint density at radius 3 is 2.29 bits per heavy atom. The van der Waals surface area contributed by atoms with Gasteiger partial charge in [0, 0.05) is 11.6 Å². The van der Waals surface area contributed by atoms with E-state index >= 15 is 0 Å². The molecule has 0 N–H and O–H groups in total. The average Bonchev–Trinajstić information content (AvgIpc) is 3.28. The summed E-state index contributed by atoms with van der Waals surface area (Å²) in [4.78, 5) is 29.4. The summed E-state index contributed by atoms with van der Waals surface area (Å²) in [7, 11) is 1.63. The van der Waals surface area contributed by atoms with Gasteiger partial charge in [0.25, 0.3) is 5.91 Å². The number of aryl methyl sites for hydroxylation is 1. The molecular weight excluding hydrogens is 538 g/mol. The van der Waals surface area contributed by atoms with Crippen molar-refractivity contribution in [3.63, 3.8) is 0 Å². The van der Waals surface area contributed by atoms with Crippen LogP contribution in [-0.2, 0) is 13.0 Å². The van der Waals surface area contributed by atoms with Crippen LogP contribution < -0.4 is 14.9 Å². The van der Waals surface area contributed by atoms with Crippen LogP contribution in [0, 0.1) is 6.92 Å². The van der Waals surface area contributed by atoms with Crippen LogP contribution in [0.15, 0.2) is 100 Å². The highest BCUT2D eigenvalue weighted by atomic mass is 35.5. The van der Waals surface area contributed by atoms with Crippen LogP contribution >= 0.6 is 11.6 Å². The number of fused-ring (bicyclic) bond motifs is 2. The summed E-state index contributed by atoms with van der Waals surface area (Å²) in [5, 5.41) is 0.832. The Morgan fingerprint density at radius 2 is 1.59 bits per heavy atom. The van der Waals surface area contributed by atoms with E-state index in [0.717, 1.165) is 28.0 Å². The molecule has 1 aliphatic heterocycles. The van der Waals surface area contributed by atoms with Crippen LogP contribution in [0.1, 0.15) is 44.4 Å². The van der Waals surface area contributed by atoms with E-state index in [0.29, 0.717) is 46.9 Å². The first-order valence-electron chi connectivity index (χ1n) is 13.4. The van der Waals surface area contributed by atoms with Crippen LogP contribution in [0.3, 0.4) is 0 Å². The minimum atomic E-state index is -0.611. The van der Waals surface area contributed by atoms with E-state index in [1.807, 2.05) is 85.8 Å². The third-order valence-electron chi connectivity index (χ3n) is 7.49. The Kier molecular flexibility index (Phi) is 7.25. The van der Waals surface area contributed by atoms with Gasteiger partial charge in [0.15, 0.2) is 5.43 Å². The van der Waals surface area contributed by atoms with Gasteiger partial charge in [-0.25, -0.2) is 0 Å². The first kappa shape index (κ1) is 26.7. The minimum Gasteiger partial charge on any atom is -0.497 e. The molecule has 5 aromatic rings. The molecule has 4 aromatic carbocycles. The van der Waals surface area contributed by atoms with E-state index in [9.17, 15) is 9.59 Å². The molecule has 1 amide bonds. The van der Waals surface area contributed by atoms with Crippen molar-refractivity contribution in [2.24, 2.45) is 0 Å². The second-order valence-electron chi connectivity index (χ2n) is 10.1. The molecule has 6 rings (SSSR count). The van der Waals surface area contributed by atoms with Crippen molar-refractivity contribution in [1.29, 1.82) is 0 Å². The highest BCUT2D eigenvalue weighted by Crippen LogP contribution is 2.39. The molecule has 0 bridgehead atoms. The molecule has 1 unspecified atom stereocenters. The van der Waals surface area contributed by atoms with Crippen LogP contribution in [0.4, 0.5) is 0 Å². The number of hydrogen-bond donors (Lipinski definition) is 0. The summed E-state index contributed by atoms with van der Waals surface area (Å²) in [6.45, 7) is 2.67. The number of benzene rings is 4. The highest BCUT2D eigenvalue weighted by molar-refractivity contribution is 6.32. The number of halogens is 1. The summed E-state index contributed by atoms with van der Waals surface area (Å²) >= 11 is 6.37. The van der Waals surface area contributed by atoms with Crippen LogP contribution in [0.5, 0.6) is 11.5 Å². The molecule has 0 saturated carbocycles. The molecule has 2 heterocycles. The van der Waals surface area contributed by atoms with Crippen molar-refractivity contribution in [3.05, 3.63) is 140 Å². The number of amides is 1. The smallest absolute Gasteiger partial charge is 0.290 e. The molecular formula is C34H28ClNO5. The normalized spacial score (nSPS) is 14.4. The number of hydrogen-bond acceptors (Lipinski definition) is 5. The molecule has 1 atom stereocenters. The highest BCUT2D eigenvalue weighted by Gasteiger charge is 2.42. The van der Waals surface area contributed by atoms with E-state index in [-0.39, 0.29) is 17.1 Å². The second kappa shape index (κ2) is 11.1. The zero-order valence-electron chi connectivity index (χ0n) is 22.7. The van der Waals surface area contributed by atoms with Crippen molar-refractivity contribution >= 4 is 28.5 Å². The lowest BCUT2D eigenvalue weighted by Crippen LogP contribution is -2.31. The molecule has 7 heteroatoms. The van der Waals surface area contributed by atoms with Crippen molar-refractivity contribution in [2.75, 3.05) is 13.7 Å². The molecule has 1 aliphatic rings. The van der Waals surface area contributed by atoms with E-state index in [1.165, 1.54) is 0 Å². The largest absolute Gasteiger partial charge is 0.497 e. The van der Waals surface area contributed by atoms with E-state index < -0.39 is 6.04 Å². The maximum Gasteiger partial charge on any atom is 0.290 e. The average molecular weight is 566 g/mol. The number of methoxy groups -OCH3 is 1. The Hall–Kier alpha value is -4.55. The second-order valence-corrected chi connectivity index (χ2v) is 10.5. The fourth-order valence-electron chi connectivity index (χ4n) is 5.25. The van der Waals surface area contributed by atoms with Gasteiger partial charge in [0.2, 0.25) is 5.76 Å². The van der Waals surface area contributed by atoms with E-state index in [2.05, 4.69) is 0 Å². The predicted molar refractivity (Wildman–Crippen MR) is 159 cm³/mol. The van der Waals surface area contributed by atoms with Gasteiger partial charge in [-0.2, -0.15) is 0 Å². The fourth-order valence-corrected chi connectivity index (χ4v) is 5.41. The van der Waals surface area contributed by atoms with E-state index in [1.54, 1.807) is 24.1 Å². The number of carbonyl (C=O) groups excluding carboxylic acids is 1. The topological polar surface area (TPSA) is 69.0 Å². The Labute approximate surface area is 242 Å². The summed E-state index contributed by atoms with van der Waals surface area (Å²) in [6.07, 6.45) is 0.594. The zero-order chi connectivity index (χ0) is 28.5. The molecule has 6 nitrogen and oxygen atoms in total. The lowest BCUT2D eigenvalue weighted by Gasteiger charge is -2.25. The minimum absolute atomic E-state index is 0.0772. The van der Waals surface area contributed by atoms with Gasteiger partial charge in [0.05, 0.1) is 24.1 Å². The first-order chi connectivity index (χ1) is 19.9. The van der Waals surface area contributed by atoms with Crippen LogP contribution in [-0.4, -0.2) is 24.5 Å². The lowest BCUT2D eigenvalue weighted by molar-refractivity contribution is 0.0730. The first-order valence-corrected chi connectivity index (χ1v) is 13.8.